The van der Waals surface area contributed by atoms with Gasteiger partial charge in [-0.3, -0.25) is 4.79 Å². The lowest BCUT2D eigenvalue weighted by molar-refractivity contribution is -0.118. The molecule has 0 saturated carbocycles. The Morgan fingerprint density at radius 2 is 2.12 bits per heavy atom. The number of carbonyl (C=O) groups is 1. The third-order valence-corrected chi connectivity index (χ3v) is 2.96. The summed E-state index contributed by atoms with van der Waals surface area (Å²) >= 11 is 0. The standard InChI is InChI=1S/C12H12N2O2/c15-11-6-7-14-10(8-16-12(14)13-11)9-4-2-1-3-5-9/h1-5,10H,6-8H2/t10-/m1/s1. The first-order chi connectivity index (χ1) is 7.84. The molecule has 1 atom stereocenters. The van der Waals surface area contributed by atoms with Crippen LogP contribution >= 0.6 is 0 Å². The second-order valence-corrected chi connectivity index (χ2v) is 3.97. The van der Waals surface area contributed by atoms with Crippen LogP contribution in [0.25, 0.3) is 0 Å². The molecule has 3 rings (SSSR count). The van der Waals surface area contributed by atoms with E-state index in [1.807, 2.05) is 18.2 Å². The van der Waals surface area contributed by atoms with E-state index in [0.717, 1.165) is 0 Å². The second-order valence-electron chi connectivity index (χ2n) is 3.97. The number of hydrogen-bond donors (Lipinski definition) is 0. The van der Waals surface area contributed by atoms with Crippen LogP contribution in [0.3, 0.4) is 0 Å². The normalized spacial score (nSPS) is 23.8. The van der Waals surface area contributed by atoms with Crippen LogP contribution in [0.5, 0.6) is 0 Å². The van der Waals surface area contributed by atoms with Crippen LogP contribution in [-0.2, 0) is 9.53 Å². The van der Waals surface area contributed by atoms with Crippen molar-refractivity contribution in [3.05, 3.63) is 35.9 Å². The molecule has 4 nitrogen and oxygen atoms in total. The van der Waals surface area contributed by atoms with Crippen molar-refractivity contribution >= 4 is 11.9 Å². The molecule has 1 aromatic rings. The van der Waals surface area contributed by atoms with Crippen LogP contribution in [0, 0.1) is 0 Å². The van der Waals surface area contributed by atoms with Crippen molar-refractivity contribution in [2.75, 3.05) is 13.2 Å². The number of aliphatic imine (C=N–C) groups is 1. The van der Waals surface area contributed by atoms with Crippen LogP contribution in [-0.4, -0.2) is 30.0 Å². The largest absolute Gasteiger partial charge is 0.462 e. The van der Waals surface area contributed by atoms with E-state index < -0.39 is 0 Å². The zero-order chi connectivity index (χ0) is 11.0. The molecule has 0 aliphatic carbocycles. The summed E-state index contributed by atoms with van der Waals surface area (Å²) in [6.07, 6.45) is 0.482. The molecule has 16 heavy (non-hydrogen) atoms. The van der Waals surface area contributed by atoms with Gasteiger partial charge in [0.1, 0.15) is 6.61 Å². The van der Waals surface area contributed by atoms with Gasteiger partial charge >= 0.3 is 0 Å². The number of fused-ring (bicyclic) bond motifs is 1. The van der Waals surface area contributed by atoms with Crippen molar-refractivity contribution < 1.29 is 9.53 Å². The fraction of sp³-hybridized carbons (Fsp3) is 0.333. The van der Waals surface area contributed by atoms with Crippen molar-refractivity contribution in [3.8, 4) is 0 Å². The second kappa shape index (κ2) is 3.63. The fourth-order valence-corrected chi connectivity index (χ4v) is 2.14. The van der Waals surface area contributed by atoms with Gasteiger partial charge in [-0.1, -0.05) is 30.3 Å². The first-order valence-electron chi connectivity index (χ1n) is 5.40. The molecule has 1 aromatic carbocycles. The van der Waals surface area contributed by atoms with Crippen molar-refractivity contribution in [1.29, 1.82) is 0 Å². The minimum Gasteiger partial charge on any atom is -0.462 e. The number of carbonyl (C=O) groups excluding carboxylic acids is 1. The Bertz CT molecular complexity index is 442. The van der Waals surface area contributed by atoms with Gasteiger partial charge in [-0.15, -0.1) is 0 Å². The van der Waals surface area contributed by atoms with Gasteiger partial charge in [0.25, 0.3) is 11.9 Å². The lowest BCUT2D eigenvalue weighted by Crippen LogP contribution is -2.34. The average molecular weight is 216 g/mol. The predicted molar refractivity (Wildman–Crippen MR) is 58.9 cm³/mol. The molecule has 0 aromatic heterocycles. The highest BCUT2D eigenvalue weighted by molar-refractivity contribution is 5.93. The fourth-order valence-electron chi connectivity index (χ4n) is 2.14. The minimum atomic E-state index is -0.0834. The summed E-state index contributed by atoms with van der Waals surface area (Å²) in [4.78, 5) is 17.1. The molecule has 82 valence electrons. The first kappa shape index (κ1) is 9.39. The third kappa shape index (κ3) is 1.46. The van der Waals surface area contributed by atoms with Gasteiger partial charge in [0.15, 0.2) is 0 Å². The molecule has 0 bridgehead atoms. The van der Waals surface area contributed by atoms with Crippen LogP contribution in [0.15, 0.2) is 35.3 Å². The number of benzene rings is 1. The molecule has 0 spiro atoms. The molecular formula is C12H12N2O2. The van der Waals surface area contributed by atoms with Crippen molar-refractivity contribution in [2.45, 2.75) is 12.5 Å². The maximum atomic E-state index is 11.2. The van der Waals surface area contributed by atoms with E-state index in [4.69, 9.17) is 4.74 Å². The van der Waals surface area contributed by atoms with E-state index in [1.54, 1.807) is 0 Å². The smallest absolute Gasteiger partial charge is 0.295 e. The Labute approximate surface area is 93.5 Å². The highest BCUT2D eigenvalue weighted by atomic mass is 16.5. The summed E-state index contributed by atoms with van der Waals surface area (Å²) < 4.78 is 5.45. The van der Waals surface area contributed by atoms with Crippen LogP contribution in [0.2, 0.25) is 0 Å². The first-order valence-corrected chi connectivity index (χ1v) is 5.40. The highest BCUT2D eigenvalue weighted by Crippen LogP contribution is 2.29. The molecule has 0 unspecified atom stereocenters. The van der Waals surface area contributed by atoms with Crippen LogP contribution in [0.1, 0.15) is 18.0 Å². The van der Waals surface area contributed by atoms with Gasteiger partial charge in [-0.25, -0.2) is 0 Å². The van der Waals surface area contributed by atoms with E-state index in [2.05, 4.69) is 22.0 Å². The summed E-state index contributed by atoms with van der Waals surface area (Å²) in [5, 5.41) is 0. The zero-order valence-electron chi connectivity index (χ0n) is 8.80. The molecule has 2 aliphatic rings. The summed E-state index contributed by atoms with van der Waals surface area (Å²) in [6.45, 7) is 1.29. The van der Waals surface area contributed by atoms with Crippen molar-refractivity contribution in [3.63, 3.8) is 0 Å². The molecular weight excluding hydrogens is 204 g/mol. The Morgan fingerprint density at radius 1 is 1.31 bits per heavy atom. The molecule has 0 N–H and O–H groups in total. The summed E-state index contributed by atoms with van der Waals surface area (Å²) in [7, 11) is 0. The van der Waals surface area contributed by atoms with Gasteiger partial charge in [-0.05, 0) is 5.56 Å². The van der Waals surface area contributed by atoms with Crippen LogP contribution in [0.4, 0.5) is 0 Å². The molecule has 2 aliphatic heterocycles. The Hall–Kier alpha value is -1.84. The molecule has 1 amide bonds. The van der Waals surface area contributed by atoms with E-state index in [-0.39, 0.29) is 11.9 Å². The SMILES string of the molecule is O=C1CCN2C(=N1)OC[C@@H]2c1ccccc1. The summed E-state index contributed by atoms with van der Waals surface area (Å²) in [6, 6.07) is 10.9. The number of rotatable bonds is 1. The van der Waals surface area contributed by atoms with E-state index >= 15 is 0 Å². The average Bonchev–Trinajstić information content (AvgIpc) is 2.73. The number of amides is 1. The van der Waals surface area contributed by atoms with Gasteiger partial charge in [0.05, 0.1) is 6.04 Å². The molecule has 2 heterocycles. The Kier molecular flexibility index (Phi) is 2.13. The Morgan fingerprint density at radius 3 is 2.94 bits per heavy atom. The van der Waals surface area contributed by atoms with E-state index in [0.29, 0.717) is 25.6 Å². The lowest BCUT2D eigenvalue weighted by atomic mass is 10.1. The molecule has 1 fully saturated rings. The predicted octanol–water partition coefficient (Wildman–Crippen LogP) is 1.35. The van der Waals surface area contributed by atoms with Crippen LogP contribution < -0.4 is 0 Å². The van der Waals surface area contributed by atoms with Crippen molar-refractivity contribution in [2.24, 2.45) is 4.99 Å². The summed E-state index contributed by atoms with van der Waals surface area (Å²) in [5.74, 6) is -0.0834. The number of amidine groups is 1. The quantitative estimate of drug-likeness (QED) is 0.711. The highest BCUT2D eigenvalue weighted by Gasteiger charge is 2.35. The minimum absolute atomic E-state index is 0.0834. The maximum absolute atomic E-state index is 11.2. The zero-order valence-corrected chi connectivity index (χ0v) is 8.80. The monoisotopic (exact) mass is 216 g/mol. The van der Waals surface area contributed by atoms with Gasteiger partial charge < -0.3 is 9.64 Å². The molecule has 4 heteroatoms. The molecule has 0 radical (unpaired) electrons. The summed E-state index contributed by atoms with van der Waals surface area (Å²) in [5.41, 5.74) is 1.21. The van der Waals surface area contributed by atoms with E-state index in [1.165, 1.54) is 5.56 Å². The number of ether oxygens (including phenoxy) is 1. The van der Waals surface area contributed by atoms with Crippen molar-refractivity contribution in [1.82, 2.24) is 4.90 Å². The topological polar surface area (TPSA) is 41.9 Å². The van der Waals surface area contributed by atoms with Gasteiger partial charge in [0.2, 0.25) is 0 Å². The van der Waals surface area contributed by atoms with Gasteiger partial charge in [-0.2, -0.15) is 4.99 Å². The third-order valence-electron chi connectivity index (χ3n) is 2.96. The number of nitrogens with zero attached hydrogens (tertiary/aromatic N) is 2. The number of hydrogen-bond acceptors (Lipinski definition) is 3. The van der Waals surface area contributed by atoms with Gasteiger partial charge in [0, 0.05) is 13.0 Å². The maximum Gasteiger partial charge on any atom is 0.295 e. The Balaban J connectivity index is 1.90. The lowest BCUT2D eigenvalue weighted by Gasteiger charge is -2.25. The molecule has 1 saturated heterocycles. The van der Waals surface area contributed by atoms with E-state index in [9.17, 15) is 4.79 Å².